The zero-order valence-corrected chi connectivity index (χ0v) is 13.3. The summed E-state index contributed by atoms with van der Waals surface area (Å²) >= 11 is 3.00. The van der Waals surface area contributed by atoms with E-state index in [2.05, 4.69) is 36.4 Å². The Balaban J connectivity index is 2.24. The summed E-state index contributed by atoms with van der Waals surface area (Å²) < 4.78 is 0.103. The second-order valence-corrected chi connectivity index (χ2v) is 5.30. The fraction of sp³-hybridized carbons (Fsp3) is 0.154. The largest absolute Gasteiger partial charge is 0.871 e. The van der Waals surface area contributed by atoms with E-state index in [0.717, 1.165) is 23.5 Å². The van der Waals surface area contributed by atoms with Crippen molar-refractivity contribution in [3.8, 4) is 5.75 Å². The molecule has 0 radical (unpaired) electrons. The third kappa shape index (κ3) is 3.76. The third-order valence-corrected chi connectivity index (χ3v) is 3.21. The van der Waals surface area contributed by atoms with Crippen LogP contribution in [0.4, 0.5) is 11.6 Å². The number of nitrogens with zero attached hydrogens (tertiary/aromatic N) is 4. The quantitative estimate of drug-likeness (QED) is 0.505. The van der Waals surface area contributed by atoms with E-state index in [-0.39, 0.29) is 21.7 Å². The van der Waals surface area contributed by atoms with Crippen LogP contribution in [-0.4, -0.2) is 21.1 Å². The van der Waals surface area contributed by atoms with Crippen LogP contribution >= 0.6 is 15.9 Å². The van der Waals surface area contributed by atoms with Gasteiger partial charge in [0.2, 0.25) is 5.95 Å². The van der Waals surface area contributed by atoms with Gasteiger partial charge >= 0.3 is 0 Å². The highest BCUT2D eigenvalue weighted by molar-refractivity contribution is 9.10. The van der Waals surface area contributed by atoms with Gasteiger partial charge in [-0.1, -0.05) is 21.7 Å². The molecule has 1 aromatic heterocycles. The average Bonchev–Trinajstić information content (AvgIpc) is 2.42. The lowest BCUT2D eigenvalue weighted by Crippen LogP contribution is -2.02. The van der Waals surface area contributed by atoms with E-state index in [1.165, 1.54) is 6.21 Å². The highest BCUT2D eigenvalue weighted by atomic mass is 79.9. The van der Waals surface area contributed by atoms with Crippen molar-refractivity contribution in [2.24, 2.45) is 5.10 Å². The van der Waals surface area contributed by atoms with E-state index in [0.29, 0.717) is 0 Å². The number of nitrogens with one attached hydrogen (secondary N) is 1. The van der Waals surface area contributed by atoms with Gasteiger partial charge in [-0.3, -0.25) is 10.1 Å². The minimum Gasteiger partial charge on any atom is -0.871 e. The molecule has 0 aliphatic rings. The van der Waals surface area contributed by atoms with Crippen molar-refractivity contribution in [1.29, 1.82) is 0 Å². The molecule has 0 saturated heterocycles. The van der Waals surface area contributed by atoms with Crippen LogP contribution in [0.3, 0.4) is 0 Å². The van der Waals surface area contributed by atoms with Crippen molar-refractivity contribution in [2.75, 3.05) is 5.43 Å². The smallest absolute Gasteiger partial charge is 0.271 e. The maximum Gasteiger partial charge on any atom is 0.271 e. The van der Waals surface area contributed by atoms with Gasteiger partial charge in [0.05, 0.1) is 11.1 Å². The molecule has 9 heteroatoms. The molecule has 0 fully saturated rings. The molecule has 0 bridgehead atoms. The lowest BCUT2D eigenvalue weighted by Gasteiger charge is -2.12. The molecule has 0 amide bonds. The van der Waals surface area contributed by atoms with Crippen LogP contribution < -0.4 is 10.5 Å². The maximum atomic E-state index is 11.9. The summed E-state index contributed by atoms with van der Waals surface area (Å²) in [5.74, 6) is -0.108. The summed E-state index contributed by atoms with van der Waals surface area (Å²) in [6.45, 7) is 3.63. The van der Waals surface area contributed by atoms with Crippen molar-refractivity contribution in [3.05, 3.63) is 49.7 Å². The first-order valence-electron chi connectivity index (χ1n) is 6.13. The van der Waals surface area contributed by atoms with E-state index >= 15 is 0 Å². The molecule has 114 valence electrons. The molecule has 0 spiro atoms. The number of hydrogen-bond acceptors (Lipinski definition) is 7. The molecule has 0 atom stereocenters. The van der Waals surface area contributed by atoms with Gasteiger partial charge in [-0.2, -0.15) is 5.10 Å². The van der Waals surface area contributed by atoms with Crippen molar-refractivity contribution in [2.45, 2.75) is 13.8 Å². The van der Waals surface area contributed by atoms with Gasteiger partial charge in [-0.05, 0) is 25.5 Å². The SMILES string of the molecule is Cc1cc(C)nc(N/N=C/c2cc([N+](=O)[O-])cc(Br)c2[O-])n1. The molecule has 0 saturated carbocycles. The zero-order chi connectivity index (χ0) is 16.3. The van der Waals surface area contributed by atoms with Gasteiger partial charge in [-0.25, -0.2) is 15.4 Å². The Morgan fingerprint density at radius 1 is 1.27 bits per heavy atom. The van der Waals surface area contributed by atoms with Crippen molar-refractivity contribution in [3.63, 3.8) is 0 Å². The fourth-order valence-electron chi connectivity index (χ4n) is 1.74. The number of rotatable bonds is 4. The first-order valence-corrected chi connectivity index (χ1v) is 6.92. The molecule has 8 nitrogen and oxygen atoms in total. The molecule has 1 N–H and O–H groups in total. The average molecular weight is 365 g/mol. The number of halogens is 1. The molecule has 0 aliphatic carbocycles. The monoisotopic (exact) mass is 364 g/mol. The Bertz CT molecular complexity index is 743. The molecule has 22 heavy (non-hydrogen) atoms. The Kier molecular flexibility index (Phi) is 4.66. The van der Waals surface area contributed by atoms with Crippen molar-refractivity contribution in [1.82, 2.24) is 9.97 Å². The molecule has 1 heterocycles. The number of benzene rings is 1. The highest BCUT2D eigenvalue weighted by Gasteiger charge is 2.09. The zero-order valence-electron chi connectivity index (χ0n) is 11.7. The second kappa shape index (κ2) is 6.48. The third-order valence-electron chi connectivity index (χ3n) is 2.62. The fourth-order valence-corrected chi connectivity index (χ4v) is 2.20. The van der Waals surface area contributed by atoms with E-state index in [1.807, 2.05) is 19.9 Å². The number of nitro benzene ring substituents is 1. The number of aromatic nitrogens is 2. The van der Waals surface area contributed by atoms with Gasteiger partial charge in [0.1, 0.15) is 0 Å². The van der Waals surface area contributed by atoms with Crippen molar-refractivity contribution < 1.29 is 10.0 Å². The summed E-state index contributed by atoms with van der Waals surface area (Å²) in [5, 5.41) is 26.5. The summed E-state index contributed by atoms with van der Waals surface area (Å²) in [5.41, 5.74) is 4.02. The minimum atomic E-state index is -0.581. The predicted molar refractivity (Wildman–Crippen MR) is 83.0 cm³/mol. The molecule has 2 rings (SSSR count). The maximum absolute atomic E-state index is 11.9. The van der Waals surface area contributed by atoms with Crippen LogP contribution in [0.15, 0.2) is 27.8 Å². The molecule has 0 aliphatic heterocycles. The van der Waals surface area contributed by atoms with Crippen LogP contribution in [0.5, 0.6) is 5.75 Å². The lowest BCUT2D eigenvalue weighted by atomic mass is 10.2. The van der Waals surface area contributed by atoms with Crippen LogP contribution in [0.2, 0.25) is 0 Å². The Morgan fingerprint density at radius 3 is 2.50 bits per heavy atom. The van der Waals surface area contributed by atoms with Crippen LogP contribution in [-0.2, 0) is 0 Å². The first-order chi connectivity index (χ1) is 10.4. The lowest BCUT2D eigenvalue weighted by molar-refractivity contribution is -0.385. The van der Waals surface area contributed by atoms with Gasteiger partial charge in [0.15, 0.2) is 0 Å². The molecule has 1 aromatic carbocycles. The van der Waals surface area contributed by atoms with E-state index in [1.54, 1.807) is 0 Å². The number of aryl methyl sites for hydroxylation is 2. The van der Waals surface area contributed by atoms with Crippen LogP contribution in [0, 0.1) is 24.0 Å². The predicted octanol–water partition coefficient (Wildman–Crippen LogP) is 2.28. The first kappa shape index (κ1) is 15.8. The summed E-state index contributed by atoms with van der Waals surface area (Å²) in [6.07, 6.45) is 1.20. The number of hydrogen-bond donors (Lipinski definition) is 1. The number of nitro groups is 1. The van der Waals surface area contributed by atoms with Crippen molar-refractivity contribution >= 4 is 33.8 Å². The summed E-state index contributed by atoms with van der Waals surface area (Å²) in [4.78, 5) is 18.4. The minimum absolute atomic E-state index is 0.0814. The molecule has 0 unspecified atom stereocenters. The molecular weight excluding hydrogens is 354 g/mol. The Labute approximate surface area is 134 Å². The Hall–Kier alpha value is -2.55. The molecular formula is C13H11BrN5O3-. The second-order valence-electron chi connectivity index (χ2n) is 4.45. The standard InChI is InChI=1S/C13H12BrN5O3/c1-7-3-8(2)17-13(16-7)18-15-6-9-4-10(19(21)22)5-11(14)12(9)20/h3-6,20H,1-2H3,(H,16,17,18)/p-1/b15-6+. The van der Waals surface area contributed by atoms with Gasteiger partial charge in [0.25, 0.3) is 5.69 Å². The number of hydrazone groups is 1. The summed E-state index contributed by atoms with van der Waals surface area (Å²) in [6, 6.07) is 4.11. The highest BCUT2D eigenvalue weighted by Crippen LogP contribution is 2.29. The van der Waals surface area contributed by atoms with Gasteiger partial charge in [-0.15, -0.1) is 0 Å². The van der Waals surface area contributed by atoms with E-state index < -0.39 is 10.7 Å². The van der Waals surface area contributed by atoms with Crippen LogP contribution in [0.1, 0.15) is 17.0 Å². The van der Waals surface area contributed by atoms with Gasteiger partial charge < -0.3 is 5.11 Å². The van der Waals surface area contributed by atoms with E-state index in [4.69, 9.17) is 0 Å². The normalized spacial score (nSPS) is 10.9. The van der Waals surface area contributed by atoms with E-state index in [9.17, 15) is 15.2 Å². The molecule has 2 aromatic rings. The topological polar surface area (TPSA) is 116 Å². The summed E-state index contributed by atoms with van der Waals surface area (Å²) in [7, 11) is 0. The Morgan fingerprint density at radius 2 is 1.91 bits per heavy atom. The number of non-ortho nitro benzene ring substituents is 1. The van der Waals surface area contributed by atoms with Gasteiger partial charge in [0, 0.05) is 28.0 Å². The number of anilines is 1. The van der Waals surface area contributed by atoms with Crippen LogP contribution in [0.25, 0.3) is 0 Å².